The van der Waals surface area contributed by atoms with Gasteiger partial charge in [-0.15, -0.1) is 11.8 Å². The van der Waals surface area contributed by atoms with Crippen LogP contribution < -0.4 is 11.1 Å². The lowest BCUT2D eigenvalue weighted by Crippen LogP contribution is -2.29. The molecular weight excluding hydrogens is 222 g/mol. The van der Waals surface area contributed by atoms with Gasteiger partial charge in [-0.25, -0.2) is 4.98 Å². The van der Waals surface area contributed by atoms with Crippen molar-refractivity contribution in [2.75, 3.05) is 13.1 Å². The molecule has 1 aliphatic rings. The number of nitrogens with one attached hydrogen (secondary N) is 1. The maximum atomic E-state index is 10.9. The molecule has 1 aliphatic heterocycles. The molecule has 0 aliphatic carbocycles. The van der Waals surface area contributed by atoms with Crippen LogP contribution in [0, 0.1) is 0 Å². The fourth-order valence-corrected chi connectivity index (χ4v) is 2.75. The number of hydrogen-bond donors (Lipinski definition) is 2. The number of nitrogens with two attached hydrogens (primary N) is 1. The Bertz CT molecular complexity index is 360. The van der Waals surface area contributed by atoms with Crippen molar-refractivity contribution in [3.8, 4) is 0 Å². The van der Waals surface area contributed by atoms with Crippen LogP contribution in [-0.4, -0.2) is 29.2 Å². The van der Waals surface area contributed by atoms with Gasteiger partial charge in [0, 0.05) is 11.4 Å². The first-order valence-corrected chi connectivity index (χ1v) is 6.27. The van der Waals surface area contributed by atoms with Gasteiger partial charge in [-0.2, -0.15) is 0 Å². The van der Waals surface area contributed by atoms with Crippen LogP contribution in [0.25, 0.3) is 0 Å². The van der Waals surface area contributed by atoms with Crippen LogP contribution in [0.5, 0.6) is 0 Å². The summed E-state index contributed by atoms with van der Waals surface area (Å²) in [6.45, 7) is 2.16. The number of pyridine rings is 1. The Balaban J connectivity index is 1.96. The molecule has 0 saturated carbocycles. The van der Waals surface area contributed by atoms with Gasteiger partial charge >= 0.3 is 0 Å². The van der Waals surface area contributed by atoms with Crippen LogP contribution in [0.2, 0.25) is 0 Å². The fraction of sp³-hybridized carbons (Fsp3) is 0.455. The second-order valence-corrected chi connectivity index (χ2v) is 5.14. The monoisotopic (exact) mass is 237 g/mol. The number of aromatic nitrogens is 1. The van der Waals surface area contributed by atoms with Crippen molar-refractivity contribution in [2.24, 2.45) is 5.73 Å². The van der Waals surface area contributed by atoms with E-state index >= 15 is 0 Å². The van der Waals surface area contributed by atoms with Gasteiger partial charge in [-0.3, -0.25) is 4.79 Å². The van der Waals surface area contributed by atoms with Crippen molar-refractivity contribution >= 4 is 17.7 Å². The van der Waals surface area contributed by atoms with Crippen molar-refractivity contribution in [2.45, 2.75) is 23.1 Å². The molecule has 3 N–H and O–H groups in total. The van der Waals surface area contributed by atoms with Gasteiger partial charge in [0.05, 0.1) is 10.6 Å². The van der Waals surface area contributed by atoms with Crippen LogP contribution in [0.1, 0.15) is 23.2 Å². The Morgan fingerprint density at radius 1 is 1.44 bits per heavy atom. The second-order valence-electron chi connectivity index (χ2n) is 3.82. The van der Waals surface area contributed by atoms with Crippen molar-refractivity contribution in [3.63, 3.8) is 0 Å². The minimum Gasteiger partial charge on any atom is -0.366 e. The van der Waals surface area contributed by atoms with Gasteiger partial charge < -0.3 is 11.1 Å². The summed E-state index contributed by atoms with van der Waals surface area (Å²) in [5, 5.41) is 4.93. The average Bonchev–Trinajstić information content (AvgIpc) is 2.31. The predicted molar refractivity (Wildman–Crippen MR) is 64.5 cm³/mol. The van der Waals surface area contributed by atoms with Crippen molar-refractivity contribution < 1.29 is 4.79 Å². The molecule has 5 heteroatoms. The normalized spacial score (nSPS) is 17.2. The maximum absolute atomic E-state index is 10.9. The van der Waals surface area contributed by atoms with Crippen LogP contribution >= 0.6 is 11.8 Å². The Morgan fingerprint density at radius 2 is 2.19 bits per heavy atom. The van der Waals surface area contributed by atoms with E-state index in [0.717, 1.165) is 18.1 Å². The van der Waals surface area contributed by atoms with Crippen molar-refractivity contribution in [3.05, 3.63) is 23.9 Å². The van der Waals surface area contributed by atoms with E-state index in [1.807, 2.05) is 6.07 Å². The zero-order valence-electron chi connectivity index (χ0n) is 8.98. The molecule has 2 rings (SSSR count). The summed E-state index contributed by atoms with van der Waals surface area (Å²) in [5.41, 5.74) is 5.62. The molecule has 0 bridgehead atoms. The highest BCUT2D eigenvalue weighted by atomic mass is 32.2. The molecule has 4 nitrogen and oxygen atoms in total. The molecule has 86 valence electrons. The van der Waals surface area contributed by atoms with Gasteiger partial charge in [0.1, 0.15) is 0 Å². The number of rotatable bonds is 3. The van der Waals surface area contributed by atoms with E-state index in [0.29, 0.717) is 10.8 Å². The topological polar surface area (TPSA) is 68.0 Å². The summed E-state index contributed by atoms with van der Waals surface area (Å²) in [6.07, 6.45) is 3.89. The molecule has 0 unspecified atom stereocenters. The molecule has 1 aromatic rings. The average molecular weight is 237 g/mol. The van der Waals surface area contributed by atoms with E-state index in [1.165, 1.54) is 12.8 Å². The van der Waals surface area contributed by atoms with Gasteiger partial charge in [0.15, 0.2) is 0 Å². The van der Waals surface area contributed by atoms with Gasteiger partial charge in [0.2, 0.25) is 5.91 Å². The Morgan fingerprint density at radius 3 is 2.75 bits per heavy atom. The molecule has 1 fully saturated rings. The van der Waals surface area contributed by atoms with Gasteiger partial charge in [0.25, 0.3) is 0 Å². The minimum absolute atomic E-state index is 0.425. The number of piperidine rings is 1. The number of carbonyl (C=O) groups excluding carboxylic acids is 1. The lowest BCUT2D eigenvalue weighted by atomic mass is 10.2. The molecule has 1 saturated heterocycles. The summed E-state index contributed by atoms with van der Waals surface area (Å²) >= 11 is 1.78. The van der Waals surface area contributed by atoms with E-state index in [4.69, 9.17) is 5.73 Å². The maximum Gasteiger partial charge on any atom is 0.250 e. The molecule has 1 aromatic heterocycles. The first-order valence-electron chi connectivity index (χ1n) is 5.39. The number of hydrogen-bond acceptors (Lipinski definition) is 4. The summed E-state index contributed by atoms with van der Waals surface area (Å²) < 4.78 is 0. The molecule has 0 radical (unpaired) electrons. The van der Waals surface area contributed by atoms with Crippen LogP contribution in [0.3, 0.4) is 0 Å². The second kappa shape index (κ2) is 5.32. The smallest absolute Gasteiger partial charge is 0.250 e. The first kappa shape index (κ1) is 11.4. The third-order valence-electron chi connectivity index (χ3n) is 2.59. The van der Waals surface area contributed by atoms with Gasteiger partial charge in [-0.1, -0.05) is 0 Å². The summed E-state index contributed by atoms with van der Waals surface area (Å²) in [4.78, 5) is 15.1. The Kier molecular flexibility index (Phi) is 3.79. The molecule has 1 amide bonds. The van der Waals surface area contributed by atoms with E-state index in [-0.39, 0.29) is 0 Å². The predicted octanol–water partition coefficient (Wildman–Crippen LogP) is 1.02. The number of carbonyl (C=O) groups is 1. The molecule has 0 aromatic carbocycles. The number of thioether (sulfide) groups is 1. The Labute approximate surface area is 99.0 Å². The third kappa shape index (κ3) is 2.96. The van der Waals surface area contributed by atoms with E-state index < -0.39 is 5.91 Å². The molecule has 16 heavy (non-hydrogen) atoms. The van der Waals surface area contributed by atoms with Gasteiger partial charge in [-0.05, 0) is 38.1 Å². The van der Waals surface area contributed by atoms with Crippen LogP contribution in [0.15, 0.2) is 23.4 Å². The highest BCUT2D eigenvalue weighted by molar-refractivity contribution is 7.99. The number of primary amides is 1. The number of amides is 1. The fourth-order valence-electron chi connectivity index (χ4n) is 1.68. The molecule has 2 heterocycles. The molecular formula is C11H15N3OS. The zero-order valence-corrected chi connectivity index (χ0v) is 9.80. The highest BCUT2D eigenvalue weighted by Crippen LogP contribution is 2.26. The van der Waals surface area contributed by atoms with Crippen LogP contribution in [0.4, 0.5) is 0 Å². The summed E-state index contributed by atoms with van der Waals surface area (Å²) in [7, 11) is 0. The van der Waals surface area contributed by atoms with E-state index in [2.05, 4.69) is 10.3 Å². The first-order chi connectivity index (χ1) is 7.75. The van der Waals surface area contributed by atoms with Crippen molar-refractivity contribution in [1.82, 2.24) is 10.3 Å². The minimum atomic E-state index is -0.425. The summed E-state index contributed by atoms with van der Waals surface area (Å²) in [6, 6.07) is 3.60. The lowest BCUT2D eigenvalue weighted by Gasteiger charge is -2.21. The van der Waals surface area contributed by atoms with Crippen molar-refractivity contribution in [1.29, 1.82) is 0 Å². The van der Waals surface area contributed by atoms with Crippen LogP contribution in [-0.2, 0) is 0 Å². The largest absolute Gasteiger partial charge is 0.366 e. The standard InChI is InChI=1S/C11H15N3OS/c12-11(15)8-1-2-10(14-7-8)16-9-3-5-13-6-4-9/h1-2,7,9,13H,3-6H2,(H2,12,15). The highest BCUT2D eigenvalue weighted by Gasteiger charge is 2.14. The quantitative estimate of drug-likeness (QED) is 0.823. The summed E-state index contributed by atoms with van der Waals surface area (Å²) in [5.74, 6) is -0.425. The molecule has 0 atom stereocenters. The van der Waals surface area contributed by atoms with E-state index in [9.17, 15) is 4.79 Å². The number of nitrogens with zero attached hydrogens (tertiary/aromatic N) is 1. The Hall–Kier alpha value is -1.07. The third-order valence-corrected chi connectivity index (χ3v) is 3.88. The molecule has 0 spiro atoms. The lowest BCUT2D eigenvalue weighted by molar-refractivity contribution is 0.1000. The SMILES string of the molecule is NC(=O)c1ccc(SC2CCNCC2)nc1. The zero-order chi connectivity index (χ0) is 11.4. The van der Waals surface area contributed by atoms with E-state index in [1.54, 1.807) is 24.0 Å².